The van der Waals surface area contributed by atoms with Crippen molar-refractivity contribution >= 4 is 45.6 Å². The van der Waals surface area contributed by atoms with E-state index in [0.717, 1.165) is 17.7 Å². The van der Waals surface area contributed by atoms with E-state index in [9.17, 15) is 8.42 Å². The Hall–Kier alpha value is -1.07. The second kappa shape index (κ2) is 9.28. The fraction of sp³-hybridized carbons (Fsp3) is 0.500. The van der Waals surface area contributed by atoms with Crippen LogP contribution in [0.3, 0.4) is 0 Å². The smallest absolute Gasteiger partial charge is 0.236 e. The Kier molecular flexibility index (Phi) is 8.06. The van der Waals surface area contributed by atoms with Crippen molar-refractivity contribution in [3.05, 3.63) is 29.8 Å². The number of halogens is 1. The van der Waals surface area contributed by atoms with Crippen LogP contribution in [0.5, 0.6) is 0 Å². The number of ether oxygens (including phenoxy) is 1. The molecule has 3 N–H and O–H groups in total. The average Bonchev–Trinajstić information content (AvgIpc) is 2.92. The summed E-state index contributed by atoms with van der Waals surface area (Å²) in [6.45, 7) is 1.65. The number of nitrogens with zero attached hydrogens (tertiary/aromatic N) is 2. The quantitative estimate of drug-likeness (QED) is 0.272. The first-order valence-electron chi connectivity index (χ1n) is 7.15. The maximum absolute atomic E-state index is 12.4. The Morgan fingerprint density at radius 2 is 2.17 bits per heavy atom. The number of sulfonamides is 1. The molecule has 0 unspecified atom stereocenters. The minimum atomic E-state index is -3.36. The number of hydrogen-bond acceptors (Lipinski definition) is 4. The molecule has 0 fully saturated rings. The van der Waals surface area contributed by atoms with Crippen LogP contribution in [0.1, 0.15) is 5.56 Å². The fourth-order valence-corrected chi connectivity index (χ4v) is 3.76. The minimum Gasteiger partial charge on any atom is -0.383 e. The molecule has 1 heterocycles. The van der Waals surface area contributed by atoms with Crippen molar-refractivity contribution in [1.29, 1.82) is 0 Å². The van der Waals surface area contributed by atoms with Gasteiger partial charge in [0, 0.05) is 20.2 Å². The molecule has 9 heteroatoms. The first kappa shape index (κ1) is 20.0. The molecule has 0 radical (unpaired) electrons. The standard InChI is InChI=1S/C14H22N4O3S.HI/c1-21-10-7-16-14(15)17-8-11-22(19,20)18-9-6-12-4-2-3-5-13(12)18;/h2-5H,6-11H2,1H3,(H3,15,16,17);1H. The van der Waals surface area contributed by atoms with E-state index in [2.05, 4.69) is 10.3 Å². The molecule has 1 aliphatic rings. The van der Waals surface area contributed by atoms with Gasteiger partial charge in [-0.05, 0) is 18.1 Å². The highest BCUT2D eigenvalue weighted by Gasteiger charge is 2.28. The molecule has 1 aliphatic heterocycles. The van der Waals surface area contributed by atoms with Crippen LogP contribution in [0.2, 0.25) is 0 Å². The number of nitrogens with two attached hydrogens (primary N) is 1. The van der Waals surface area contributed by atoms with Crippen LogP contribution in [0.25, 0.3) is 0 Å². The SMILES string of the molecule is COCCN=C(N)NCCS(=O)(=O)N1CCc2ccccc21.I. The number of fused-ring (bicyclic) bond motifs is 1. The molecule has 0 bridgehead atoms. The number of methoxy groups -OCH3 is 1. The summed E-state index contributed by atoms with van der Waals surface area (Å²) in [7, 11) is -1.78. The van der Waals surface area contributed by atoms with E-state index in [-0.39, 0.29) is 42.2 Å². The van der Waals surface area contributed by atoms with Gasteiger partial charge < -0.3 is 15.8 Å². The molecule has 0 saturated carbocycles. The van der Waals surface area contributed by atoms with Gasteiger partial charge in [0.05, 0.1) is 24.6 Å². The van der Waals surface area contributed by atoms with Crippen molar-refractivity contribution in [3.8, 4) is 0 Å². The number of nitrogens with one attached hydrogen (secondary N) is 1. The van der Waals surface area contributed by atoms with Gasteiger partial charge in [-0.25, -0.2) is 8.42 Å². The third-order valence-electron chi connectivity index (χ3n) is 3.42. The van der Waals surface area contributed by atoms with Crippen molar-refractivity contribution in [1.82, 2.24) is 5.32 Å². The van der Waals surface area contributed by atoms with Crippen LogP contribution >= 0.6 is 24.0 Å². The lowest BCUT2D eigenvalue weighted by molar-refractivity contribution is 0.208. The van der Waals surface area contributed by atoms with Crippen molar-refractivity contribution in [2.75, 3.05) is 43.4 Å². The first-order valence-corrected chi connectivity index (χ1v) is 8.76. The van der Waals surface area contributed by atoms with E-state index >= 15 is 0 Å². The minimum absolute atomic E-state index is 0. The molecule has 0 saturated heterocycles. The zero-order chi connectivity index (χ0) is 16.0. The van der Waals surface area contributed by atoms with E-state index in [1.807, 2.05) is 24.3 Å². The number of hydrogen-bond donors (Lipinski definition) is 2. The van der Waals surface area contributed by atoms with Crippen LogP contribution in [-0.2, 0) is 21.2 Å². The van der Waals surface area contributed by atoms with E-state index < -0.39 is 10.0 Å². The summed E-state index contributed by atoms with van der Waals surface area (Å²) >= 11 is 0. The van der Waals surface area contributed by atoms with Gasteiger partial charge in [0.2, 0.25) is 10.0 Å². The van der Waals surface area contributed by atoms with Crippen molar-refractivity contribution in [2.24, 2.45) is 10.7 Å². The van der Waals surface area contributed by atoms with E-state index in [4.69, 9.17) is 10.5 Å². The summed E-state index contributed by atoms with van der Waals surface area (Å²) in [5, 5.41) is 2.81. The van der Waals surface area contributed by atoms with Crippen LogP contribution in [0.15, 0.2) is 29.3 Å². The van der Waals surface area contributed by atoms with Gasteiger partial charge in [0.25, 0.3) is 0 Å². The lowest BCUT2D eigenvalue weighted by atomic mass is 10.2. The second-order valence-corrected chi connectivity index (χ2v) is 6.97. The van der Waals surface area contributed by atoms with Gasteiger partial charge in [-0.3, -0.25) is 9.30 Å². The summed E-state index contributed by atoms with van der Waals surface area (Å²) < 4.78 is 31.2. The number of aliphatic imine (C=N–C) groups is 1. The summed E-state index contributed by atoms with van der Waals surface area (Å²) in [5.41, 5.74) is 7.50. The van der Waals surface area contributed by atoms with E-state index in [1.165, 1.54) is 4.31 Å². The Labute approximate surface area is 154 Å². The van der Waals surface area contributed by atoms with Gasteiger partial charge >= 0.3 is 0 Å². The highest BCUT2D eigenvalue weighted by atomic mass is 127. The van der Waals surface area contributed by atoms with Crippen molar-refractivity contribution in [2.45, 2.75) is 6.42 Å². The van der Waals surface area contributed by atoms with Gasteiger partial charge in [-0.2, -0.15) is 0 Å². The maximum atomic E-state index is 12.4. The topological polar surface area (TPSA) is 97.0 Å². The summed E-state index contributed by atoms with van der Waals surface area (Å²) in [4.78, 5) is 4.02. The third kappa shape index (κ3) is 5.50. The molecular formula is C14H23IN4O3S. The van der Waals surface area contributed by atoms with Crippen LogP contribution in [0, 0.1) is 0 Å². The third-order valence-corrected chi connectivity index (χ3v) is 5.19. The maximum Gasteiger partial charge on any atom is 0.236 e. The zero-order valence-electron chi connectivity index (χ0n) is 13.1. The van der Waals surface area contributed by atoms with Gasteiger partial charge in [-0.1, -0.05) is 18.2 Å². The molecule has 0 aromatic heterocycles. The normalized spacial score (nSPS) is 14.3. The Bertz CT molecular complexity index is 637. The molecule has 0 spiro atoms. The molecule has 2 rings (SSSR count). The number of benzene rings is 1. The van der Waals surface area contributed by atoms with Crippen LogP contribution < -0.4 is 15.4 Å². The summed E-state index contributed by atoms with van der Waals surface area (Å²) in [5.74, 6) is 0.205. The highest BCUT2D eigenvalue weighted by molar-refractivity contribution is 14.0. The molecule has 1 aromatic carbocycles. The van der Waals surface area contributed by atoms with Crippen LogP contribution in [-0.4, -0.2) is 53.5 Å². The van der Waals surface area contributed by atoms with Crippen molar-refractivity contribution < 1.29 is 13.2 Å². The lowest BCUT2D eigenvalue weighted by Crippen LogP contribution is -2.39. The first-order chi connectivity index (χ1) is 10.5. The molecule has 0 atom stereocenters. The van der Waals surface area contributed by atoms with Gasteiger partial charge in [0.15, 0.2) is 5.96 Å². The Morgan fingerprint density at radius 3 is 2.91 bits per heavy atom. The lowest BCUT2D eigenvalue weighted by Gasteiger charge is -2.19. The number of guanidine groups is 1. The molecule has 130 valence electrons. The van der Waals surface area contributed by atoms with E-state index in [1.54, 1.807) is 7.11 Å². The predicted octanol–water partition coefficient (Wildman–Crippen LogP) is 0.548. The number of para-hydroxylation sites is 1. The average molecular weight is 454 g/mol. The molecule has 0 aliphatic carbocycles. The second-order valence-electron chi connectivity index (χ2n) is 4.95. The Morgan fingerprint density at radius 1 is 1.43 bits per heavy atom. The molecule has 0 amide bonds. The molecule has 1 aromatic rings. The predicted molar refractivity (Wildman–Crippen MR) is 103 cm³/mol. The molecule has 7 nitrogen and oxygen atoms in total. The molecular weight excluding hydrogens is 431 g/mol. The van der Waals surface area contributed by atoms with Crippen molar-refractivity contribution in [3.63, 3.8) is 0 Å². The van der Waals surface area contributed by atoms with Gasteiger partial charge in [-0.15, -0.1) is 24.0 Å². The fourth-order valence-electron chi connectivity index (χ4n) is 2.33. The zero-order valence-corrected chi connectivity index (χ0v) is 16.2. The summed E-state index contributed by atoms with van der Waals surface area (Å²) in [6, 6.07) is 7.58. The highest BCUT2D eigenvalue weighted by Crippen LogP contribution is 2.29. The summed E-state index contributed by atoms with van der Waals surface area (Å²) in [6.07, 6.45) is 0.753. The monoisotopic (exact) mass is 454 g/mol. The molecule has 23 heavy (non-hydrogen) atoms. The number of anilines is 1. The van der Waals surface area contributed by atoms with Gasteiger partial charge in [0.1, 0.15) is 0 Å². The number of rotatable bonds is 7. The largest absolute Gasteiger partial charge is 0.383 e. The van der Waals surface area contributed by atoms with Crippen LogP contribution in [0.4, 0.5) is 5.69 Å². The Balaban J connectivity index is 0.00000264. The van der Waals surface area contributed by atoms with E-state index in [0.29, 0.717) is 19.7 Å².